The van der Waals surface area contributed by atoms with Gasteiger partial charge in [-0.3, -0.25) is 9.59 Å². The molecular formula is C44H43N3O6. The molecule has 0 aliphatic heterocycles. The summed E-state index contributed by atoms with van der Waals surface area (Å²) in [7, 11) is 0. The molecule has 0 bridgehead atoms. The lowest BCUT2D eigenvalue weighted by Crippen LogP contribution is -2.55. The summed E-state index contributed by atoms with van der Waals surface area (Å²) >= 11 is 0. The Morgan fingerprint density at radius 3 is 1.55 bits per heavy atom. The number of amides is 3. The predicted octanol–water partition coefficient (Wildman–Crippen LogP) is 7.01. The number of nitrogens with one attached hydrogen (secondary N) is 3. The van der Waals surface area contributed by atoms with E-state index in [4.69, 9.17) is 4.74 Å². The van der Waals surface area contributed by atoms with Crippen molar-refractivity contribution in [1.82, 2.24) is 16.0 Å². The lowest BCUT2D eigenvalue weighted by molar-refractivity contribution is -0.142. The van der Waals surface area contributed by atoms with Crippen molar-refractivity contribution in [1.29, 1.82) is 0 Å². The maximum Gasteiger partial charge on any atom is 0.407 e. The molecule has 1 aliphatic carbocycles. The first-order chi connectivity index (χ1) is 25.7. The average molecular weight is 710 g/mol. The second-order valence-electron chi connectivity index (χ2n) is 13.7. The maximum absolute atomic E-state index is 14.3. The number of hydrogen-bond acceptors (Lipinski definition) is 5. The van der Waals surface area contributed by atoms with E-state index in [0.29, 0.717) is 0 Å². The summed E-state index contributed by atoms with van der Waals surface area (Å²) in [6, 6.07) is 41.7. The van der Waals surface area contributed by atoms with E-state index in [1.165, 1.54) is 0 Å². The first kappa shape index (κ1) is 36.6. The molecule has 0 aromatic heterocycles. The van der Waals surface area contributed by atoms with Crippen LogP contribution in [0, 0.1) is 5.92 Å². The average Bonchev–Trinajstić information content (AvgIpc) is 3.49. The molecule has 1 aliphatic rings. The van der Waals surface area contributed by atoms with E-state index < -0.39 is 47.9 Å². The molecule has 9 nitrogen and oxygen atoms in total. The van der Waals surface area contributed by atoms with Crippen molar-refractivity contribution in [2.75, 3.05) is 6.61 Å². The third kappa shape index (κ3) is 8.15. The van der Waals surface area contributed by atoms with E-state index in [2.05, 4.69) is 16.0 Å². The molecule has 9 heteroatoms. The van der Waals surface area contributed by atoms with Crippen molar-refractivity contribution >= 4 is 23.9 Å². The lowest BCUT2D eigenvalue weighted by Gasteiger charge is -2.37. The van der Waals surface area contributed by atoms with E-state index in [1.807, 2.05) is 153 Å². The van der Waals surface area contributed by atoms with Crippen LogP contribution in [-0.4, -0.2) is 47.7 Å². The predicted molar refractivity (Wildman–Crippen MR) is 203 cm³/mol. The van der Waals surface area contributed by atoms with Crippen LogP contribution in [0.4, 0.5) is 4.79 Å². The van der Waals surface area contributed by atoms with Crippen LogP contribution >= 0.6 is 0 Å². The molecule has 270 valence electrons. The third-order valence-electron chi connectivity index (χ3n) is 9.61. The van der Waals surface area contributed by atoms with Gasteiger partial charge in [0, 0.05) is 5.92 Å². The fourth-order valence-corrected chi connectivity index (χ4v) is 7.18. The number of carboxylic acids is 1. The summed E-state index contributed by atoms with van der Waals surface area (Å²) in [5.74, 6) is -2.86. The SMILES string of the molecule is CC(C)C[C@H](NC(=O)[C@H](CC(=O)NC(c1ccccc1)(c1ccccc1)c1ccccc1)NC(=O)OCC1c2ccccc2-c2ccccc21)C(=O)O. The van der Waals surface area contributed by atoms with Gasteiger partial charge in [0.2, 0.25) is 11.8 Å². The Labute approximate surface area is 309 Å². The molecule has 2 atom stereocenters. The summed E-state index contributed by atoms with van der Waals surface area (Å²) in [5, 5.41) is 18.3. The molecule has 0 radical (unpaired) electrons. The second kappa shape index (κ2) is 16.4. The molecule has 0 saturated carbocycles. The molecule has 0 saturated heterocycles. The standard InChI is InChI=1S/C44H43N3O6/c1-29(2)26-39(42(50)51)45-41(49)38(46-43(52)53-28-37-35-24-14-12-22-33(35)34-23-13-15-25-36(34)37)27-40(48)47-44(30-16-6-3-7-17-30,31-18-8-4-9-19-31)32-20-10-5-11-21-32/h3-25,29,37-39H,26-28H2,1-2H3,(H,45,49)(H,46,52)(H,47,48)(H,50,51)/t38-,39-/m0/s1. The van der Waals surface area contributed by atoms with Crippen LogP contribution in [0.3, 0.4) is 0 Å². The van der Waals surface area contributed by atoms with Crippen LogP contribution in [0.1, 0.15) is 60.4 Å². The summed E-state index contributed by atoms with van der Waals surface area (Å²) in [4.78, 5) is 53.8. The van der Waals surface area contributed by atoms with Gasteiger partial charge in [0.15, 0.2) is 0 Å². The van der Waals surface area contributed by atoms with Crippen molar-refractivity contribution < 1.29 is 29.0 Å². The zero-order valence-electron chi connectivity index (χ0n) is 29.7. The molecule has 5 aromatic carbocycles. The van der Waals surface area contributed by atoms with Crippen molar-refractivity contribution in [3.63, 3.8) is 0 Å². The lowest BCUT2D eigenvalue weighted by atomic mass is 9.77. The van der Waals surface area contributed by atoms with E-state index in [-0.39, 0.29) is 24.9 Å². The number of alkyl carbamates (subject to hydrolysis) is 1. The van der Waals surface area contributed by atoms with Gasteiger partial charge < -0.3 is 25.8 Å². The smallest absolute Gasteiger partial charge is 0.407 e. The number of rotatable bonds is 14. The highest BCUT2D eigenvalue weighted by atomic mass is 16.5. The fourth-order valence-electron chi connectivity index (χ4n) is 7.18. The van der Waals surface area contributed by atoms with Gasteiger partial charge in [-0.05, 0) is 51.3 Å². The van der Waals surface area contributed by atoms with Crippen molar-refractivity contribution in [3.8, 4) is 11.1 Å². The van der Waals surface area contributed by atoms with Gasteiger partial charge in [-0.15, -0.1) is 0 Å². The topological polar surface area (TPSA) is 134 Å². The van der Waals surface area contributed by atoms with E-state index in [9.17, 15) is 24.3 Å². The summed E-state index contributed by atoms with van der Waals surface area (Å²) in [5.41, 5.74) is 5.33. The second-order valence-corrected chi connectivity index (χ2v) is 13.7. The molecule has 5 aromatic rings. The largest absolute Gasteiger partial charge is 0.480 e. The maximum atomic E-state index is 14.3. The summed E-state index contributed by atoms with van der Waals surface area (Å²) in [6.07, 6.45) is -1.25. The van der Waals surface area contributed by atoms with Crippen molar-refractivity contribution in [2.45, 2.75) is 50.2 Å². The zero-order chi connectivity index (χ0) is 37.4. The highest BCUT2D eigenvalue weighted by Gasteiger charge is 2.39. The van der Waals surface area contributed by atoms with Gasteiger partial charge >= 0.3 is 12.1 Å². The van der Waals surface area contributed by atoms with E-state index in [0.717, 1.165) is 38.9 Å². The Hall–Kier alpha value is -6.22. The van der Waals surface area contributed by atoms with Gasteiger partial charge in [0.05, 0.1) is 6.42 Å². The highest BCUT2D eigenvalue weighted by molar-refractivity contribution is 5.93. The van der Waals surface area contributed by atoms with Gasteiger partial charge in [-0.25, -0.2) is 9.59 Å². The molecule has 53 heavy (non-hydrogen) atoms. The van der Waals surface area contributed by atoms with Crippen LogP contribution in [0.5, 0.6) is 0 Å². The van der Waals surface area contributed by atoms with Gasteiger partial charge in [0.1, 0.15) is 24.2 Å². The third-order valence-corrected chi connectivity index (χ3v) is 9.61. The molecule has 6 rings (SSSR count). The minimum atomic E-state index is -1.46. The van der Waals surface area contributed by atoms with E-state index >= 15 is 0 Å². The molecule has 0 unspecified atom stereocenters. The number of carboxylic acid groups (broad SMARTS) is 1. The number of aliphatic carboxylic acids is 1. The highest BCUT2D eigenvalue weighted by Crippen LogP contribution is 2.44. The van der Waals surface area contributed by atoms with Gasteiger partial charge in [-0.1, -0.05) is 153 Å². The molecule has 0 spiro atoms. The quantitative estimate of drug-likeness (QED) is 0.0918. The minimum Gasteiger partial charge on any atom is -0.480 e. The van der Waals surface area contributed by atoms with Crippen molar-refractivity contribution in [3.05, 3.63) is 167 Å². The monoisotopic (exact) mass is 709 g/mol. The molecule has 4 N–H and O–H groups in total. The Kier molecular flexibility index (Phi) is 11.3. The van der Waals surface area contributed by atoms with Gasteiger partial charge in [0.25, 0.3) is 0 Å². The first-order valence-electron chi connectivity index (χ1n) is 17.8. The van der Waals surface area contributed by atoms with Crippen LogP contribution in [-0.2, 0) is 24.7 Å². The summed E-state index contributed by atoms with van der Waals surface area (Å²) in [6.45, 7) is 3.68. The number of hydrogen-bond donors (Lipinski definition) is 4. The Balaban J connectivity index is 1.28. The molecular weight excluding hydrogens is 666 g/mol. The van der Waals surface area contributed by atoms with Crippen LogP contribution < -0.4 is 16.0 Å². The Bertz CT molecular complexity index is 1910. The number of carbonyl (C=O) groups is 4. The molecule has 3 amide bonds. The molecule has 0 fully saturated rings. The number of ether oxygens (including phenoxy) is 1. The Morgan fingerprint density at radius 1 is 0.642 bits per heavy atom. The molecule has 0 heterocycles. The van der Waals surface area contributed by atoms with Crippen molar-refractivity contribution in [2.24, 2.45) is 5.92 Å². The fraction of sp³-hybridized carbons (Fsp3) is 0.227. The number of benzene rings is 5. The zero-order valence-corrected chi connectivity index (χ0v) is 29.7. The summed E-state index contributed by atoms with van der Waals surface area (Å²) < 4.78 is 5.75. The minimum absolute atomic E-state index is 0.00930. The number of fused-ring (bicyclic) bond motifs is 3. The Morgan fingerprint density at radius 2 is 1.09 bits per heavy atom. The van der Waals surface area contributed by atoms with Crippen LogP contribution in [0.15, 0.2) is 140 Å². The number of carbonyl (C=O) groups excluding carboxylic acids is 3. The van der Waals surface area contributed by atoms with Gasteiger partial charge in [-0.2, -0.15) is 0 Å². The van der Waals surface area contributed by atoms with Crippen LogP contribution in [0.2, 0.25) is 0 Å². The first-order valence-corrected chi connectivity index (χ1v) is 17.8. The van der Waals surface area contributed by atoms with E-state index in [1.54, 1.807) is 0 Å². The van der Waals surface area contributed by atoms with Crippen LogP contribution in [0.25, 0.3) is 11.1 Å². The normalized spacial score (nSPS) is 13.3.